The van der Waals surface area contributed by atoms with Gasteiger partial charge >= 0.3 is 0 Å². The fourth-order valence-corrected chi connectivity index (χ4v) is 5.77. The molecule has 0 unspecified atom stereocenters. The molecule has 0 bridgehead atoms. The number of nitrogens with one attached hydrogen (secondary N) is 1. The number of amides is 1. The Morgan fingerprint density at radius 2 is 1.90 bits per heavy atom. The van der Waals surface area contributed by atoms with Crippen molar-refractivity contribution in [1.29, 1.82) is 0 Å². The zero-order valence-corrected chi connectivity index (χ0v) is 19.2. The third kappa shape index (κ3) is 4.86. The van der Waals surface area contributed by atoms with Crippen molar-refractivity contribution < 1.29 is 13.2 Å². The molecule has 1 aromatic carbocycles. The Bertz CT molecular complexity index is 974. The molecule has 1 aromatic heterocycles. The van der Waals surface area contributed by atoms with Gasteiger partial charge in [0, 0.05) is 38.5 Å². The first-order chi connectivity index (χ1) is 14.4. The molecule has 3 rings (SSSR count). The van der Waals surface area contributed by atoms with Gasteiger partial charge in [0.05, 0.1) is 15.9 Å². The molecular weight excluding hydrogens is 400 g/mol. The van der Waals surface area contributed by atoms with E-state index in [4.69, 9.17) is 4.98 Å². The van der Waals surface area contributed by atoms with E-state index in [9.17, 15) is 13.2 Å². The van der Waals surface area contributed by atoms with Crippen molar-refractivity contribution in [3.8, 4) is 0 Å². The zero-order chi connectivity index (χ0) is 21.7. The monoisotopic (exact) mass is 434 g/mol. The SMILES string of the molecule is CCCn1c(CCC(=O)NC2CCCC2)nc2cc(S(=O)(=O)N(CC)CC)ccc21. The van der Waals surface area contributed by atoms with Gasteiger partial charge in [0.1, 0.15) is 5.82 Å². The summed E-state index contributed by atoms with van der Waals surface area (Å²) >= 11 is 0. The molecule has 30 heavy (non-hydrogen) atoms. The van der Waals surface area contributed by atoms with E-state index in [0.717, 1.165) is 37.1 Å². The molecule has 0 atom stereocenters. The molecule has 1 amide bonds. The molecular formula is C22H34N4O3S. The van der Waals surface area contributed by atoms with E-state index in [0.29, 0.717) is 37.5 Å². The first-order valence-electron chi connectivity index (χ1n) is 11.2. The Hall–Kier alpha value is -1.93. The van der Waals surface area contributed by atoms with Crippen LogP contribution in [0.1, 0.15) is 65.1 Å². The van der Waals surface area contributed by atoms with Crippen LogP contribution < -0.4 is 5.32 Å². The number of rotatable bonds is 10. The van der Waals surface area contributed by atoms with Crippen molar-refractivity contribution in [2.45, 2.75) is 83.2 Å². The second-order valence-electron chi connectivity index (χ2n) is 7.97. The largest absolute Gasteiger partial charge is 0.353 e. The number of carbonyl (C=O) groups is 1. The number of sulfonamides is 1. The van der Waals surface area contributed by atoms with E-state index in [1.165, 1.54) is 17.1 Å². The molecule has 1 fully saturated rings. The molecule has 1 heterocycles. The number of carbonyl (C=O) groups excluding carboxylic acids is 1. The minimum absolute atomic E-state index is 0.0711. The second-order valence-corrected chi connectivity index (χ2v) is 9.91. The summed E-state index contributed by atoms with van der Waals surface area (Å²) in [4.78, 5) is 17.3. The van der Waals surface area contributed by atoms with Crippen LogP contribution in [0.5, 0.6) is 0 Å². The fraction of sp³-hybridized carbons (Fsp3) is 0.636. The van der Waals surface area contributed by atoms with Crippen molar-refractivity contribution in [3.05, 3.63) is 24.0 Å². The summed E-state index contributed by atoms with van der Waals surface area (Å²) in [5, 5.41) is 3.13. The van der Waals surface area contributed by atoms with Gasteiger partial charge in [-0.1, -0.05) is 33.6 Å². The Morgan fingerprint density at radius 3 is 2.53 bits per heavy atom. The van der Waals surface area contributed by atoms with Crippen LogP contribution in [0, 0.1) is 0 Å². The van der Waals surface area contributed by atoms with Crippen LogP contribution in [-0.4, -0.2) is 47.3 Å². The van der Waals surface area contributed by atoms with Crippen LogP contribution in [0.25, 0.3) is 11.0 Å². The van der Waals surface area contributed by atoms with Crippen molar-refractivity contribution in [2.75, 3.05) is 13.1 Å². The van der Waals surface area contributed by atoms with E-state index in [-0.39, 0.29) is 10.8 Å². The maximum absolute atomic E-state index is 12.9. The van der Waals surface area contributed by atoms with Gasteiger partial charge in [-0.25, -0.2) is 13.4 Å². The maximum atomic E-state index is 12.9. The van der Waals surface area contributed by atoms with Gasteiger partial charge in [0.2, 0.25) is 15.9 Å². The fourth-order valence-electron chi connectivity index (χ4n) is 4.29. The van der Waals surface area contributed by atoms with E-state index >= 15 is 0 Å². The van der Waals surface area contributed by atoms with E-state index in [2.05, 4.69) is 16.8 Å². The number of fused-ring (bicyclic) bond motifs is 1. The van der Waals surface area contributed by atoms with Gasteiger partial charge in [0.15, 0.2) is 0 Å². The summed E-state index contributed by atoms with van der Waals surface area (Å²) in [6.45, 7) is 7.43. The average Bonchev–Trinajstić information content (AvgIpc) is 3.35. The van der Waals surface area contributed by atoms with E-state index in [1.807, 2.05) is 19.9 Å². The number of aryl methyl sites for hydroxylation is 2. The molecule has 2 aromatic rings. The molecule has 0 aliphatic heterocycles. The molecule has 1 aliphatic rings. The van der Waals surface area contributed by atoms with Crippen molar-refractivity contribution in [1.82, 2.24) is 19.2 Å². The normalized spacial score (nSPS) is 15.3. The van der Waals surface area contributed by atoms with Crippen molar-refractivity contribution in [2.24, 2.45) is 0 Å². The summed E-state index contributed by atoms with van der Waals surface area (Å²) in [6, 6.07) is 5.49. The average molecular weight is 435 g/mol. The number of hydrogen-bond acceptors (Lipinski definition) is 4. The highest BCUT2D eigenvalue weighted by Gasteiger charge is 2.23. The van der Waals surface area contributed by atoms with Gasteiger partial charge < -0.3 is 9.88 Å². The van der Waals surface area contributed by atoms with Crippen LogP contribution in [0.3, 0.4) is 0 Å². The van der Waals surface area contributed by atoms with Gasteiger partial charge in [-0.05, 0) is 37.5 Å². The lowest BCUT2D eigenvalue weighted by molar-refractivity contribution is -0.121. The number of aromatic nitrogens is 2. The van der Waals surface area contributed by atoms with E-state index < -0.39 is 10.0 Å². The maximum Gasteiger partial charge on any atom is 0.243 e. The van der Waals surface area contributed by atoms with Crippen LogP contribution in [-0.2, 0) is 27.8 Å². The van der Waals surface area contributed by atoms with Crippen LogP contribution in [0.2, 0.25) is 0 Å². The van der Waals surface area contributed by atoms with Crippen molar-refractivity contribution >= 4 is 27.0 Å². The highest BCUT2D eigenvalue weighted by molar-refractivity contribution is 7.89. The van der Waals surface area contributed by atoms with Gasteiger partial charge in [-0.15, -0.1) is 0 Å². The molecule has 1 saturated carbocycles. The smallest absolute Gasteiger partial charge is 0.243 e. The molecule has 166 valence electrons. The Kier molecular flexibility index (Phi) is 7.52. The van der Waals surface area contributed by atoms with Crippen molar-refractivity contribution in [3.63, 3.8) is 0 Å². The summed E-state index contributed by atoms with van der Waals surface area (Å²) in [5.74, 6) is 0.910. The Labute approximate surface area is 179 Å². The molecule has 0 saturated heterocycles. The van der Waals surface area contributed by atoms with Gasteiger partial charge in [-0.2, -0.15) is 4.31 Å². The lowest BCUT2D eigenvalue weighted by Crippen LogP contribution is -2.32. The van der Waals surface area contributed by atoms with Crippen LogP contribution in [0.4, 0.5) is 0 Å². The number of benzene rings is 1. The first kappa shape index (κ1) is 22.7. The Balaban J connectivity index is 1.83. The minimum Gasteiger partial charge on any atom is -0.353 e. The van der Waals surface area contributed by atoms with E-state index in [1.54, 1.807) is 12.1 Å². The summed E-state index contributed by atoms with van der Waals surface area (Å²) < 4.78 is 29.3. The molecule has 0 spiro atoms. The topological polar surface area (TPSA) is 84.3 Å². The molecule has 0 radical (unpaired) electrons. The van der Waals surface area contributed by atoms with Gasteiger partial charge in [-0.3, -0.25) is 4.79 Å². The molecule has 7 nitrogen and oxygen atoms in total. The lowest BCUT2D eigenvalue weighted by atomic mass is 10.2. The lowest BCUT2D eigenvalue weighted by Gasteiger charge is -2.18. The molecule has 8 heteroatoms. The van der Waals surface area contributed by atoms with Crippen LogP contribution in [0.15, 0.2) is 23.1 Å². The highest BCUT2D eigenvalue weighted by Crippen LogP contribution is 2.24. The highest BCUT2D eigenvalue weighted by atomic mass is 32.2. The standard InChI is InChI=1S/C22H34N4O3S/c1-4-15-26-20-12-11-18(30(28,29)25(5-2)6-3)16-19(20)24-21(26)13-14-22(27)23-17-9-7-8-10-17/h11-12,16-17H,4-10,13-15H2,1-3H3,(H,23,27). The minimum atomic E-state index is -3.53. The third-order valence-electron chi connectivity index (χ3n) is 5.89. The summed E-state index contributed by atoms with van der Waals surface area (Å²) in [7, 11) is -3.53. The zero-order valence-electron chi connectivity index (χ0n) is 18.4. The second kappa shape index (κ2) is 9.92. The Morgan fingerprint density at radius 1 is 1.20 bits per heavy atom. The third-order valence-corrected chi connectivity index (χ3v) is 7.93. The van der Waals surface area contributed by atoms with Crippen LogP contribution >= 0.6 is 0 Å². The quantitative estimate of drug-likeness (QED) is 0.621. The summed E-state index contributed by atoms with van der Waals surface area (Å²) in [5.41, 5.74) is 1.59. The predicted molar refractivity (Wildman–Crippen MR) is 119 cm³/mol. The predicted octanol–water partition coefficient (Wildman–Crippen LogP) is 3.47. The number of nitrogens with zero attached hydrogens (tertiary/aromatic N) is 3. The molecule has 1 N–H and O–H groups in total. The first-order valence-corrected chi connectivity index (χ1v) is 12.6. The number of hydrogen-bond donors (Lipinski definition) is 1. The summed E-state index contributed by atoms with van der Waals surface area (Å²) in [6.07, 6.45) is 6.41. The van der Waals surface area contributed by atoms with Gasteiger partial charge in [0.25, 0.3) is 0 Å². The molecule has 1 aliphatic carbocycles. The number of imidazole rings is 1.